The largest absolute Gasteiger partial charge is 1.00 e. The van der Waals surface area contributed by atoms with Crippen molar-refractivity contribution in [2.24, 2.45) is 0 Å². The Morgan fingerprint density at radius 1 is 1.67 bits per heavy atom. The maximum Gasteiger partial charge on any atom is 0.134 e. The minimum atomic E-state index is -0.441. The molecule has 0 saturated carbocycles. The van der Waals surface area contributed by atoms with Crippen LogP contribution in [0.5, 0.6) is 0 Å². The van der Waals surface area contributed by atoms with Gasteiger partial charge in [-0.3, -0.25) is 0 Å². The summed E-state index contributed by atoms with van der Waals surface area (Å²) in [7, 11) is 0. The van der Waals surface area contributed by atoms with Crippen molar-refractivity contribution >= 4 is 0 Å². The van der Waals surface area contributed by atoms with E-state index in [4.69, 9.17) is 0 Å². The van der Waals surface area contributed by atoms with Crippen LogP contribution in [0.3, 0.4) is 0 Å². The summed E-state index contributed by atoms with van der Waals surface area (Å²) in [6.45, 7) is -0.330. The zero-order valence-electron chi connectivity index (χ0n) is 3.29. The third kappa shape index (κ3) is 8.91. The molecule has 0 aliphatic carbocycles. The Morgan fingerprint density at radius 2 is 2.17 bits per heavy atom. The number of alkyl halides is 1. The summed E-state index contributed by atoms with van der Waals surface area (Å²) < 4.78 is 10.8. The molecule has 0 saturated heterocycles. The van der Waals surface area contributed by atoms with Gasteiger partial charge in [-0.25, -0.2) is 15.1 Å². The summed E-state index contributed by atoms with van der Waals surface area (Å²) in [5.74, 6) is 2.94. The van der Waals surface area contributed by atoms with Gasteiger partial charge < -0.3 is 12.4 Å². The first kappa shape index (κ1) is 9.46. The van der Waals surface area contributed by atoms with E-state index in [0.29, 0.717) is 0 Å². The highest BCUT2D eigenvalue weighted by molar-refractivity contribution is 4.10. The molecule has 0 aromatic heterocycles. The van der Waals surface area contributed by atoms with E-state index < -0.39 is 6.67 Å². The highest BCUT2D eigenvalue weighted by atomic mass is 35.5. The third-order valence-electron chi connectivity index (χ3n) is 0.221. The SMILES string of the molecule is [Cl-].[NH3+]OCCF. The molecule has 0 aromatic rings. The second kappa shape index (κ2) is 8.94. The summed E-state index contributed by atoms with van der Waals surface area (Å²) in [6, 6.07) is 0. The summed E-state index contributed by atoms with van der Waals surface area (Å²) in [6.07, 6.45) is 0. The Balaban J connectivity index is 0. The monoisotopic (exact) mass is 115 g/mol. The molecule has 6 heavy (non-hydrogen) atoms. The van der Waals surface area contributed by atoms with Crippen molar-refractivity contribution < 1.29 is 27.5 Å². The van der Waals surface area contributed by atoms with Crippen molar-refractivity contribution in [3.05, 3.63) is 0 Å². The van der Waals surface area contributed by atoms with Crippen molar-refractivity contribution in [2.45, 2.75) is 0 Å². The first-order chi connectivity index (χ1) is 2.41. The molecule has 0 atom stereocenters. The van der Waals surface area contributed by atoms with E-state index in [2.05, 4.69) is 10.7 Å². The molecule has 0 spiro atoms. The molecule has 2 nitrogen and oxygen atoms in total. The first-order valence-electron chi connectivity index (χ1n) is 1.34. The van der Waals surface area contributed by atoms with E-state index in [9.17, 15) is 4.39 Å². The molecule has 0 heterocycles. The second-order valence-corrected chi connectivity index (χ2v) is 0.597. The highest BCUT2D eigenvalue weighted by Crippen LogP contribution is 1.59. The van der Waals surface area contributed by atoms with Crippen LogP contribution in [-0.2, 0) is 4.84 Å². The molecule has 0 amide bonds. The zero-order valence-corrected chi connectivity index (χ0v) is 4.04. The van der Waals surface area contributed by atoms with Crippen LogP contribution in [0.1, 0.15) is 0 Å². The van der Waals surface area contributed by atoms with Gasteiger partial charge in [0.15, 0.2) is 0 Å². The van der Waals surface area contributed by atoms with E-state index in [1.54, 1.807) is 0 Å². The summed E-state index contributed by atoms with van der Waals surface area (Å²) in [5, 5.41) is 0. The maximum absolute atomic E-state index is 10.8. The normalized spacial score (nSPS) is 7.00. The fourth-order valence-corrected chi connectivity index (χ4v) is 0.0546. The highest BCUT2D eigenvalue weighted by Gasteiger charge is 1.74. The second-order valence-electron chi connectivity index (χ2n) is 0.597. The minimum absolute atomic E-state index is 0. The quantitative estimate of drug-likeness (QED) is 0.368. The van der Waals surface area contributed by atoms with Gasteiger partial charge in [-0.1, -0.05) is 0 Å². The van der Waals surface area contributed by atoms with Gasteiger partial charge in [0.2, 0.25) is 0 Å². The lowest BCUT2D eigenvalue weighted by Gasteiger charge is -1.77. The molecule has 0 rings (SSSR count). The van der Waals surface area contributed by atoms with E-state index in [1.807, 2.05) is 0 Å². The van der Waals surface area contributed by atoms with Gasteiger partial charge in [-0.05, 0) is 0 Å². The Morgan fingerprint density at radius 3 is 2.17 bits per heavy atom. The minimum Gasteiger partial charge on any atom is -1.00 e. The third-order valence-corrected chi connectivity index (χ3v) is 0.221. The van der Waals surface area contributed by atoms with Gasteiger partial charge in [0, 0.05) is 0 Å². The van der Waals surface area contributed by atoms with Crippen LogP contribution in [0.15, 0.2) is 0 Å². The van der Waals surface area contributed by atoms with Crippen molar-refractivity contribution in [1.82, 2.24) is 0 Å². The molecular weight excluding hydrogens is 108 g/mol. The lowest BCUT2D eigenvalue weighted by Crippen LogP contribution is -3.00. The van der Waals surface area contributed by atoms with Gasteiger partial charge in [0.25, 0.3) is 0 Å². The molecule has 4 heteroatoms. The first-order valence-corrected chi connectivity index (χ1v) is 1.34. The summed E-state index contributed by atoms with van der Waals surface area (Å²) >= 11 is 0. The van der Waals surface area contributed by atoms with E-state index in [0.717, 1.165) is 0 Å². The molecule has 3 N–H and O–H groups in total. The lowest BCUT2D eigenvalue weighted by atomic mass is 10.8. The molecule has 0 aromatic carbocycles. The smallest absolute Gasteiger partial charge is 0.134 e. The van der Waals surface area contributed by atoms with Gasteiger partial charge in [0.05, 0.1) is 0 Å². The summed E-state index contributed by atoms with van der Waals surface area (Å²) in [5.41, 5.74) is 0. The number of hydrogen-bond acceptors (Lipinski definition) is 1. The maximum atomic E-state index is 10.8. The average molecular weight is 116 g/mol. The van der Waals surface area contributed by atoms with E-state index in [1.165, 1.54) is 0 Å². The van der Waals surface area contributed by atoms with Crippen molar-refractivity contribution in [3.8, 4) is 0 Å². The zero-order chi connectivity index (χ0) is 4.12. The molecule has 0 bridgehead atoms. The number of hydrogen-bond donors (Lipinski definition) is 1. The van der Waals surface area contributed by atoms with E-state index in [-0.39, 0.29) is 19.0 Å². The number of rotatable bonds is 2. The molecule has 40 valence electrons. The number of quaternary nitrogens is 1. The van der Waals surface area contributed by atoms with Crippen LogP contribution in [0, 0.1) is 0 Å². The molecule has 0 unspecified atom stereocenters. The molecule has 0 aliphatic heterocycles. The Kier molecular flexibility index (Phi) is 14.1. The van der Waals surface area contributed by atoms with Gasteiger partial charge in [-0.15, -0.1) is 0 Å². The van der Waals surface area contributed by atoms with Crippen molar-refractivity contribution in [2.75, 3.05) is 13.3 Å². The Hall–Kier alpha value is 0.140. The van der Waals surface area contributed by atoms with Gasteiger partial charge in [0.1, 0.15) is 13.3 Å². The van der Waals surface area contributed by atoms with E-state index >= 15 is 0 Å². The average Bonchev–Trinajstić information content (AvgIpc) is 1.41. The van der Waals surface area contributed by atoms with Crippen LogP contribution in [0.4, 0.5) is 4.39 Å². The van der Waals surface area contributed by atoms with Crippen molar-refractivity contribution in [3.63, 3.8) is 0 Å². The van der Waals surface area contributed by atoms with Crippen molar-refractivity contribution in [1.29, 1.82) is 0 Å². The molecular formula is C2H7ClFNO. The molecule has 0 radical (unpaired) electrons. The number of halogens is 2. The topological polar surface area (TPSA) is 36.9 Å². The molecule has 0 aliphatic rings. The van der Waals surface area contributed by atoms with Crippen LogP contribution < -0.4 is 18.3 Å². The van der Waals surface area contributed by atoms with Crippen LogP contribution in [-0.4, -0.2) is 13.3 Å². The van der Waals surface area contributed by atoms with Crippen LogP contribution in [0.2, 0.25) is 0 Å². The summed E-state index contributed by atoms with van der Waals surface area (Å²) in [4.78, 5) is 4.07. The predicted octanol–water partition coefficient (Wildman–Crippen LogP) is -3.87. The fourth-order valence-electron chi connectivity index (χ4n) is 0.0546. The van der Waals surface area contributed by atoms with Gasteiger partial charge in [-0.2, -0.15) is 0 Å². The van der Waals surface area contributed by atoms with Crippen LogP contribution >= 0.6 is 0 Å². The standard InChI is InChI=1S/C2H7FNO.ClH/c3-1-2-5-4;/h1-2H2,4H3;1H/q+1;/p-1. The van der Waals surface area contributed by atoms with Gasteiger partial charge >= 0.3 is 0 Å². The Labute approximate surface area is 41.8 Å². The predicted molar refractivity (Wildman–Crippen MR) is 14.8 cm³/mol. The Bertz CT molecular complexity index is 21.0. The fraction of sp³-hybridized carbons (Fsp3) is 1.00. The van der Waals surface area contributed by atoms with Crippen LogP contribution in [0.25, 0.3) is 0 Å². The molecule has 0 fully saturated rings. The lowest BCUT2D eigenvalue weighted by molar-refractivity contribution is -0.689.